The van der Waals surface area contributed by atoms with E-state index in [9.17, 15) is 4.79 Å². The fourth-order valence-electron chi connectivity index (χ4n) is 1.77. The summed E-state index contributed by atoms with van der Waals surface area (Å²) in [4.78, 5) is 11.8. The summed E-state index contributed by atoms with van der Waals surface area (Å²) in [5.41, 5.74) is 7.92. The highest BCUT2D eigenvalue weighted by Gasteiger charge is 2.15. The van der Waals surface area contributed by atoms with Crippen LogP contribution in [0.25, 0.3) is 0 Å². The molecule has 0 heterocycles. The number of benzene rings is 1. The van der Waals surface area contributed by atoms with Crippen molar-refractivity contribution in [3.05, 3.63) is 35.4 Å². The molecule has 0 spiro atoms. The maximum atomic E-state index is 11.8. The van der Waals surface area contributed by atoms with Crippen molar-refractivity contribution in [1.29, 1.82) is 0 Å². The van der Waals surface area contributed by atoms with E-state index < -0.39 is 0 Å². The molecule has 100 valence electrons. The average Bonchev–Trinajstić information content (AvgIpc) is 2.25. The lowest BCUT2D eigenvalue weighted by Crippen LogP contribution is -2.35. The molecule has 0 unspecified atom stereocenters. The molecule has 0 fully saturated rings. The Morgan fingerprint density at radius 2 is 2.11 bits per heavy atom. The normalized spacial score (nSPS) is 13.2. The zero-order valence-corrected chi connectivity index (χ0v) is 11.8. The van der Waals surface area contributed by atoms with Crippen LogP contribution < -0.4 is 11.1 Å². The zero-order valence-electron chi connectivity index (χ0n) is 11.8. The number of rotatable bonds is 5. The maximum Gasteiger partial charge on any atom is 0.220 e. The van der Waals surface area contributed by atoms with Crippen LogP contribution in [0, 0.1) is 6.92 Å². The Hall–Kier alpha value is -1.35. The lowest BCUT2D eigenvalue weighted by atomic mass is 9.99. The Bertz CT molecular complexity index is 407. The van der Waals surface area contributed by atoms with E-state index in [4.69, 9.17) is 5.73 Å². The lowest BCUT2D eigenvalue weighted by molar-refractivity contribution is -0.122. The van der Waals surface area contributed by atoms with Gasteiger partial charge in [0.15, 0.2) is 0 Å². The van der Waals surface area contributed by atoms with Gasteiger partial charge in [-0.2, -0.15) is 0 Å². The third-order valence-electron chi connectivity index (χ3n) is 2.92. The molecule has 3 heteroatoms. The molecule has 0 saturated heterocycles. The summed E-state index contributed by atoms with van der Waals surface area (Å²) < 4.78 is 0. The molecule has 0 saturated carbocycles. The number of hydrogen-bond acceptors (Lipinski definition) is 2. The second-order valence-electron chi connectivity index (χ2n) is 5.69. The smallest absolute Gasteiger partial charge is 0.220 e. The van der Waals surface area contributed by atoms with Crippen molar-refractivity contribution < 1.29 is 4.79 Å². The highest BCUT2D eigenvalue weighted by atomic mass is 16.1. The molecule has 0 aliphatic rings. The summed E-state index contributed by atoms with van der Waals surface area (Å²) in [7, 11) is 0. The van der Waals surface area contributed by atoms with Crippen LogP contribution in [0.2, 0.25) is 0 Å². The first kappa shape index (κ1) is 14.7. The van der Waals surface area contributed by atoms with Gasteiger partial charge in [-0.3, -0.25) is 4.79 Å². The summed E-state index contributed by atoms with van der Waals surface area (Å²) in [5, 5.41) is 3.00. The summed E-state index contributed by atoms with van der Waals surface area (Å²) in [5.74, 6) is 0.0579. The van der Waals surface area contributed by atoms with Crippen LogP contribution in [0.5, 0.6) is 0 Å². The van der Waals surface area contributed by atoms with Crippen LogP contribution in [0.4, 0.5) is 0 Å². The van der Waals surface area contributed by atoms with Crippen LogP contribution in [0.3, 0.4) is 0 Å². The number of nitrogens with one attached hydrogen (secondary N) is 1. The molecule has 0 aliphatic heterocycles. The molecular formula is C15H24N2O. The largest absolute Gasteiger partial charge is 0.350 e. The monoisotopic (exact) mass is 248 g/mol. The third kappa shape index (κ3) is 5.32. The second-order valence-corrected chi connectivity index (χ2v) is 5.69. The average molecular weight is 248 g/mol. The van der Waals surface area contributed by atoms with Gasteiger partial charge in [0.2, 0.25) is 5.91 Å². The first-order chi connectivity index (χ1) is 8.28. The maximum absolute atomic E-state index is 11.8. The van der Waals surface area contributed by atoms with Gasteiger partial charge in [-0.05, 0) is 39.7 Å². The van der Waals surface area contributed by atoms with Gasteiger partial charge in [-0.1, -0.05) is 29.8 Å². The van der Waals surface area contributed by atoms with Crippen molar-refractivity contribution >= 4 is 5.91 Å². The minimum Gasteiger partial charge on any atom is -0.350 e. The Morgan fingerprint density at radius 3 is 2.67 bits per heavy atom. The first-order valence-corrected chi connectivity index (χ1v) is 6.43. The number of nitrogens with two attached hydrogens (primary N) is 1. The Kier molecular flexibility index (Phi) is 4.91. The summed E-state index contributed by atoms with van der Waals surface area (Å²) in [6.07, 6.45) is 1.17. The van der Waals surface area contributed by atoms with Crippen molar-refractivity contribution in [3.63, 3.8) is 0 Å². The minimum atomic E-state index is -0.288. The number of carbonyl (C=O) groups is 1. The van der Waals surface area contributed by atoms with Crippen molar-refractivity contribution in [2.45, 2.75) is 52.1 Å². The highest BCUT2D eigenvalue weighted by Crippen LogP contribution is 2.14. The van der Waals surface area contributed by atoms with E-state index in [0.717, 1.165) is 5.56 Å². The van der Waals surface area contributed by atoms with Crippen LogP contribution in [-0.4, -0.2) is 11.4 Å². The summed E-state index contributed by atoms with van der Waals surface area (Å²) in [6.45, 7) is 7.92. The van der Waals surface area contributed by atoms with E-state index in [0.29, 0.717) is 12.8 Å². The van der Waals surface area contributed by atoms with Gasteiger partial charge in [0.1, 0.15) is 0 Å². The van der Waals surface area contributed by atoms with Crippen molar-refractivity contribution in [2.24, 2.45) is 5.73 Å². The van der Waals surface area contributed by atoms with Crippen LogP contribution in [0.15, 0.2) is 24.3 Å². The molecule has 1 amide bonds. The molecule has 3 nitrogen and oxygen atoms in total. The number of aryl methyl sites for hydroxylation is 1. The summed E-state index contributed by atoms with van der Waals surface area (Å²) >= 11 is 0. The lowest BCUT2D eigenvalue weighted by Gasteiger charge is -2.19. The quantitative estimate of drug-likeness (QED) is 0.841. The summed E-state index contributed by atoms with van der Waals surface area (Å²) in [6, 6.07) is 8.23. The molecule has 1 aromatic carbocycles. The molecule has 3 N–H and O–H groups in total. The van der Waals surface area contributed by atoms with E-state index in [-0.39, 0.29) is 17.5 Å². The predicted octanol–water partition coefficient (Wildman–Crippen LogP) is 2.69. The molecule has 18 heavy (non-hydrogen) atoms. The Balaban J connectivity index is 2.50. The number of amides is 1. The van der Waals surface area contributed by atoms with Crippen LogP contribution >= 0.6 is 0 Å². The van der Waals surface area contributed by atoms with Gasteiger partial charge in [-0.15, -0.1) is 0 Å². The van der Waals surface area contributed by atoms with Gasteiger partial charge < -0.3 is 11.1 Å². The molecule has 1 aromatic rings. The minimum absolute atomic E-state index is 0.0401. The van der Waals surface area contributed by atoms with Gasteiger partial charge in [0.05, 0.1) is 6.04 Å². The van der Waals surface area contributed by atoms with Gasteiger partial charge in [0.25, 0.3) is 0 Å². The fourth-order valence-corrected chi connectivity index (χ4v) is 1.77. The van der Waals surface area contributed by atoms with E-state index in [1.807, 2.05) is 32.9 Å². The standard InChI is InChI=1S/C15H24N2O/c1-11-6-5-7-13(10-11)12(2)17-14(18)8-9-15(3,4)16/h5-7,10,12H,8-9,16H2,1-4H3,(H,17,18)/t12-/m1/s1. The van der Waals surface area contributed by atoms with Crippen molar-refractivity contribution in [3.8, 4) is 0 Å². The number of hydrogen-bond donors (Lipinski definition) is 2. The second kappa shape index (κ2) is 6.01. The Labute approximate surface area is 110 Å². The highest BCUT2D eigenvalue weighted by molar-refractivity contribution is 5.76. The molecule has 1 atom stereocenters. The molecule has 0 aromatic heterocycles. The molecule has 0 bridgehead atoms. The van der Waals surface area contributed by atoms with Gasteiger partial charge in [0, 0.05) is 12.0 Å². The van der Waals surface area contributed by atoms with E-state index in [1.165, 1.54) is 5.56 Å². The van der Waals surface area contributed by atoms with Crippen LogP contribution in [-0.2, 0) is 4.79 Å². The molecular weight excluding hydrogens is 224 g/mol. The van der Waals surface area contributed by atoms with E-state index in [2.05, 4.69) is 24.4 Å². The molecule has 1 rings (SSSR count). The van der Waals surface area contributed by atoms with E-state index >= 15 is 0 Å². The third-order valence-corrected chi connectivity index (χ3v) is 2.92. The SMILES string of the molecule is Cc1cccc([C@@H](C)NC(=O)CCC(C)(C)N)c1. The fraction of sp³-hybridized carbons (Fsp3) is 0.533. The van der Waals surface area contributed by atoms with Crippen molar-refractivity contribution in [1.82, 2.24) is 5.32 Å². The molecule has 0 aliphatic carbocycles. The first-order valence-electron chi connectivity index (χ1n) is 6.43. The van der Waals surface area contributed by atoms with E-state index in [1.54, 1.807) is 0 Å². The van der Waals surface area contributed by atoms with Crippen molar-refractivity contribution in [2.75, 3.05) is 0 Å². The zero-order chi connectivity index (χ0) is 13.8. The molecule has 0 radical (unpaired) electrons. The number of carbonyl (C=O) groups excluding carboxylic acids is 1. The topological polar surface area (TPSA) is 55.1 Å². The van der Waals surface area contributed by atoms with Gasteiger partial charge >= 0.3 is 0 Å². The van der Waals surface area contributed by atoms with Crippen LogP contribution in [0.1, 0.15) is 50.8 Å². The van der Waals surface area contributed by atoms with Gasteiger partial charge in [-0.25, -0.2) is 0 Å². The predicted molar refractivity (Wildman–Crippen MR) is 75.2 cm³/mol. The Morgan fingerprint density at radius 1 is 1.44 bits per heavy atom.